The smallest absolute Gasteiger partial charge is 0.107 e. The number of fused-ring (bicyclic) bond motifs is 1. The summed E-state index contributed by atoms with van der Waals surface area (Å²) in [6.07, 6.45) is 6.06. The molecule has 112 valence electrons. The van der Waals surface area contributed by atoms with Crippen LogP contribution in [0.3, 0.4) is 0 Å². The summed E-state index contributed by atoms with van der Waals surface area (Å²) in [6, 6.07) is 0.623. The van der Waals surface area contributed by atoms with E-state index in [-0.39, 0.29) is 0 Å². The first-order chi connectivity index (χ1) is 9.65. The number of likely N-dealkylation sites (tertiary alicyclic amines) is 1. The molecule has 0 radical (unpaired) electrons. The topological polar surface area (TPSA) is 36.4 Å². The van der Waals surface area contributed by atoms with Crippen LogP contribution in [-0.2, 0) is 19.4 Å². The number of hydrogen-bond acceptors (Lipinski definition) is 4. The van der Waals surface area contributed by atoms with Crippen molar-refractivity contribution in [3.05, 3.63) is 15.6 Å². The maximum absolute atomic E-state index is 9.38. The molecule has 1 N–H and O–H groups in total. The van der Waals surface area contributed by atoms with E-state index in [0.717, 1.165) is 19.0 Å². The highest BCUT2D eigenvalue weighted by Gasteiger charge is 2.27. The van der Waals surface area contributed by atoms with Crippen LogP contribution in [0.4, 0.5) is 0 Å². The molecule has 0 saturated carbocycles. The van der Waals surface area contributed by atoms with E-state index in [1.54, 1.807) is 0 Å². The number of aromatic nitrogens is 1. The van der Waals surface area contributed by atoms with Gasteiger partial charge in [-0.1, -0.05) is 6.92 Å². The standard InChI is InChI=1S/C16H26N2OS/c1-11-3-6-14-15(7-11)20-16(17-14)9-18-8-13(10-19)5-4-12(18)2/h11-13,19H,3-10H2,1-2H3. The van der Waals surface area contributed by atoms with Gasteiger partial charge in [0.25, 0.3) is 0 Å². The Kier molecular flexibility index (Phi) is 4.43. The van der Waals surface area contributed by atoms with Crippen LogP contribution in [0.15, 0.2) is 0 Å². The minimum atomic E-state index is 0.328. The number of rotatable bonds is 3. The van der Waals surface area contributed by atoms with E-state index in [9.17, 15) is 5.11 Å². The van der Waals surface area contributed by atoms with Gasteiger partial charge in [-0.15, -0.1) is 11.3 Å². The summed E-state index contributed by atoms with van der Waals surface area (Å²) in [7, 11) is 0. The third kappa shape index (κ3) is 3.07. The summed E-state index contributed by atoms with van der Waals surface area (Å²) in [4.78, 5) is 8.92. The van der Waals surface area contributed by atoms with Crippen molar-refractivity contribution in [3.63, 3.8) is 0 Å². The molecule has 1 saturated heterocycles. The molecule has 3 nitrogen and oxygen atoms in total. The number of piperidine rings is 1. The summed E-state index contributed by atoms with van der Waals surface area (Å²) in [5.74, 6) is 1.28. The summed E-state index contributed by atoms with van der Waals surface area (Å²) in [6.45, 7) is 6.99. The zero-order valence-corrected chi connectivity index (χ0v) is 13.5. The highest BCUT2D eigenvalue weighted by molar-refractivity contribution is 7.11. The molecule has 2 heterocycles. The Bertz CT molecular complexity index is 459. The lowest BCUT2D eigenvalue weighted by atomic mass is 9.93. The lowest BCUT2D eigenvalue weighted by Gasteiger charge is -2.36. The van der Waals surface area contributed by atoms with Gasteiger partial charge in [0.2, 0.25) is 0 Å². The van der Waals surface area contributed by atoms with E-state index in [2.05, 4.69) is 18.7 Å². The molecule has 0 bridgehead atoms. The lowest BCUT2D eigenvalue weighted by Crippen LogP contribution is -2.42. The third-order valence-electron chi connectivity index (χ3n) is 4.94. The normalized spacial score (nSPS) is 31.2. The summed E-state index contributed by atoms with van der Waals surface area (Å²) < 4.78 is 0. The number of aliphatic hydroxyl groups excluding tert-OH is 1. The van der Waals surface area contributed by atoms with Crippen LogP contribution >= 0.6 is 11.3 Å². The van der Waals surface area contributed by atoms with E-state index >= 15 is 0 Å². The molecule has 2 aliphatic rings. The Labute approximate surface area is 126 Å². The zero-order chi connectivity index (χ0) is 14.1. The SMILES string of the molecule is CC1CCc2nc(CN3CC(CO)CCC3C)sc2C1. The fourth-order valence-electron chi connectivity index (χ4n) is 3.47. The molecule has 1 aliphatic carbocycles. The molecule has 0 amide bonds. The van der Waals surface area contributed by atoms with Gasteiger partial charge in [0.05, 0.1) is 12.2 Å². The molecule has 1 aliphatic heterocycles. The molecule has 3 atom stereocenters. The third-order valence-corrected chi connectivity index (χ3v) is 6.04. The first-order valence-electron chi connectivity index (χ1n) is 7.98. The van der Waals surface area contributed by atoms with Crippen LogP contribution in [0.2, 0.25) is 0 Å². The van der Waals surface area contributed by atoms with E-state index in [1.807, 2.05) is 11.3 Å². The second-order valence-corrected chi connectivity index (χ2v) is 7.90. The highest BCUT2D eigenvalue weighted by atomic mass is 32.1. The van der Waals surface area contributed by atoms with Crippen molar-refractivity contribution in [1.82, 2.24) is 9.88 Å². The van der Waals surface area contributed by atoms with Crippen molar-refractivity contribution in [1.29, 1.82) is 0 Å². The van der Waals surface area contributed by atoms with Crippen LogP contribution in [0.5, 0.6) is 0 Å². The maximum atomic E-state index is 9.38. The summed E-state index contributed by atoms with van der Waals surface area (Å²) >= 11 is 1.93. The Hall–Kier alpha value is -0.450. The first-order valence-corrected chi connectivity index (χ1v) is 8.79. The molecule has 3 rings (SSSR count). The first kappa shape index (κ1) is 14.5. The fraction of sp³-hybridized carbons (Fsp3) is 0.812. The number of nitrogens with zero attached hydrogens (tertiary/aromatic N) is 2. The van der Waals surface area contributed by atoms with Crippen molar-refractivity contribution in [2.24, 2.45) is 11.8 Å². The second kappa shape index (κ2) is 6.12. The number of thiazole rings is 1. The minimum absolute atomic E-state index is 0.328. The molecule has 1 aromatic heterocycles. The molecule has 20 heavy (non-hydrogen) atoms. The monoisotopic (exact) mass is 294 g/mol. The zero-order valence-electron chi connectivity index (χ0n) is 12.6. The van der Waals surface area contributed by atoms with Crippen LogP contribution < -0.4 is 0 Å². The molecular weight excluding hydrogens is 268 g/mol. The van der Waals surface area contributed by atoms with Gasteiger partial charge < -0.3 is 5.11 Å². The summed E-state index contributed by atoms with van der Waals surface area (Å²) in [5, 5.41) is 10.7. The summed E-state index contributed by atoms with van der Waals surface area (Å²) in [5.41, 5.74) is 1.37. The fourth-order valence-corrected chi connectivity index (χ4v) is 4.77. The lowest BCUT2D eigenvalue weighted by molar-refractivity contribution is 0.0770. The Morgan fingerprint density at radius 2 is 2.15 bits per heavy atom. The minimum Gasteiger partial charge on any atom is -0.396 e. The molecule has 1 aromatic rings. The van der Waals surface area contributed by atoms with Crippen molar-refractivity contribution < 1.29 is 5.11 Å². The van der Waals surface area contributed by atoms with Gasteiger partial charge in [-0.3, -0.25) is 4.90 Å². The van der Waals surface area contributed by atoms with E-state index < -0.39 is 0 Å². The van der Waals surface area contributed by atoms with Gasteiger partial charge >= 0.3 is 0 Å². The number of aryl methyl sites for hydroxylation is 1. The van der Waals surface area contributed by atoms with E-state index in [4.69, 9.17) is 4.98 Å². The Morgan fingerprint density at radius 3 is 2.95 bits per heavy atom. The molecular formula is C16H26N2OS. The van der Waals surface area contributed by atoms with Crippen LogP contribution in [-0.4, -0.2) is 34.2 Å². The van der Waals surface area contributed by atoms with E-state index in [1.165, 1.54) is 47.7 Å². The second-order valence-electron chi connectivity index (χ2n) is 6.73. The van der Waals surface area contributed by atoms with Gasteiger partial charge in [0.1, 0.15) is 5.01 Å². The maximum Gasteiger partial charge on any atom is 0.107 e. The molecule has 1 fully saturated rings. The average molecular weight is 294 g/mol. The average Bonchev–Trinajstić information content (AvgIpc) is 2.82. The van der Waals surface area contributed by atoms with Crippen LogP contribution in [0, 0.1) is 11.8 Å². The van der Waals surface area contributed by atoms with Crippen LogP contribution in [0.1, 0.15) is 48.7 Å². The largest absolute Gasteiger partial charge is 0.396 e. The Balaban J connectivity index is 1.68. The predicted octanol–water partition coefficient (Wildman–Crippen LogP) is 2.86. The van der Waals surface area contributed by atoms with Gasteiger partial charge in [0, 0.05) is 24.1 Å². The van der Waals surface area contributed by atoms with Gasteiger partial charge in [-0.2, -0.15) is 0 Å². The Morgan fingerprint density at radius 1 is 1.30 bits per heavy atom. The van der Waals surface area contributed by atoms with Gasteiger partial charge in [-0.05, 0) is 50.9 Å². The van der Waals surface area contributed by atoms with E-state index in [0.29, 0.717) is 18.6 Å². The molecule has 4 heteroatoms. The van der Waals surface area contributed by atoms with Gasteiger partial charge in [0.15, 0.2) is 0 Å². The van der Waals surface area contributed by atoms with Crippen molar-refractivity contribution in [3.8, 4) is 0 Å². The quantitative estimate of drug-likeness (QED) is 0.931. The van der Waals surface area contributed by atoms with Crippen molar-refractivity contribution in [2.45, 2.75) is 58.5 Å². The molecule has 0 spiro atoms. The molecule has 0 aromatic carbocycles. The number of aliphatic hydroxyl groups is 1. The number of hydrogen-bond donors (Lipinski definition) is 1. The van der Waals surface area contributed by atoms with Crippen LogP contribution in [0.25, 0.3) is 0 Å². The van der Waals surface area contributed by atoms with Gasteiger partial charge in [-0.25, -0.2) is 4.98 Å². The van der Waals surface area contributed by atoms with Crippen molar-refractivity contribution >= 4 is 11.3 Å². The molecule has 3 unspecified atom stereocenters. The highest BCUT2D eigenvalue weighted by Crippen LogP contribution is 2.31. The predicted molar refractivity (Wildman–Crippen MR) is 83.0 cm³/mol. The van der Waals surface area contributed by atoms with Crippen molar-refractivity contribution in [2.75, 3.05) is 13.2 Å².